The molecule has 0 radical (unpaired) electrons. The molecule has 2 aromatic heterocycles. The molecule has 0 aliphatic carbocycles. The minimum absolute atomic E-state index is 0.100. The molecule has 0 spiro atoms. The van der Waals surface area contributed by atoms with Crippen molar-refractivity contribution in [1.82, 2.24) is 19.5 Å². The van der Waals surface area contributed by atoms with Crippen molar-refractivity contribution in [3.63, 3.8) is 0 Å². The van der Waals surface area contributed by atoms with E-state index in [1.807, 2.05) is 0 Å². The summed E-state index contributed by atoms with van der Waals surface area (Å²) in [5.41, 5.74) is -3.21. The highest BCUT2D eigenvalue weighted by Crippen LogP contribution is 2.51. The number of rotatable bonds is 5. The Bertz CT molecular complexity index is 1170. The molecule has 1 aromatic carbocycles. The standard InChI is InChI=1S/C21H20ClFN4O5/c1-12(28)32-21(3)14(9-30-18(29)13-7-5-4-6-8-13)31-19(20(21,2)23)27-11-26-15-16(22)24-10-25-17(15)27/h4-8,10-11,14,19H,9H2,1-3H3/t14-,19-,20+,21+/m1/s1. The van der Waals surface area contributed by atoms with Crippen molar-refractivity contribution < 1.29 is 28.2 Å². The van der Waals surface area contributed by atoms with E-state index in [0.717, 1.165) is 0 Å². The largest absolute Gasteiger partial charge is 0.459 e. The summed E-state index contributed by atoms with van der Waals surface area (Å²) in [7, 11) is 0. The fourth-order valence-corrected chi connectivity index (χ4v) is 3.94. The predicted octanol–water partition coefficient (Wildman–Crippen LogP) is 3.28. The molecule has 32 heavy (non-hydrogen) atoms. The summed E-state index contributed by atoms with van der Waals surface area (Å²) in [6.07, 6.45) is 0.120. The van der Waals surface area contributed by atoms with Gasteiger partial charge in [0.25, 0.3) is 0 Å². The second kappa shape index (κ2) is 8.10. The fourth-order valence-electron chi connectivity index (χ4n) is 3.77. The van der Waals surface area contributed by atoms with Crippen molar-refractivity contribution in [2.75, 3.05) is 6.61 Å². The summed E-state index contributed by atoms with van der Waals surface area (Å²) in [5.74, 6) is -1.32. The molecule has 1 aliphatic rings. The summed E-state index contributed by atoms with van der Waals surface area (Å²) in [4.78, 5) is 36.4. The Morgan fingerprint density at radius 1 is 1.22 bits per heavy atom. The van der Waals surface area contributed by atoms with Crippen LogP contribution >= 0.6 is 11.6 Å². The van der Waals surface area contributed by atoms with Crippen LogP contribution in [-0.4, -0.2) is 55.4 Å². The van der Waals surface area contributed by atoms with Crippen molar-refractivity contribution >= 4 is 34.7 Å². The summed E-state index contributed by atoms with van der Waals surface area (Å²) < 4.78 is 34.4. The predicted molar refractivity (Wildman–Crippen MR) is 111 cm³/mol. The lowest BCUT2D eigenvalue weighted by molar-refractivity contribution is -0.175. The second-order valence-corrected chi connectivity index (χ2v) is 8.06. The Morgan fingerprint density at radius 2 is 1.94 bits per heavy atom. The molecule has 0 amide bonds. The Hall–Kier alpha value is -3.11. The number of aromatic nitrogens is 4. The molecule has 11 heteroatoms. The van der Waals surface area contributed by atoms with E-state index in [0.29, 0.717) is 5.56 Å². The highest BCUT2D eigenvalue weighted by molar-refractivity contribution is 6.33. The molecule has 4 atom stereocenters. The van der Waals surface area contributed by atoms with Gasteiger partial charge in [-0.05, 0) is 26.0 Å². The van der Waals surface area contributed by atoms with E-state index in [2.05, 4.69) is 15.0 Å². The quantitative estimate of drug-likeness (QED) is 0.420. The molecule has 168 valence electrons. The van der Waals surface area contributed by atoms with Crippen LogP contribution < -0.4 is 0 Å². The average Bonchev–Trinajstić information content (AvgIpc) is 3.25. The van der Waals surface area contributed by atoms with Gasteiger partial charge in [0.2, 0.25) is 0 Å². The summed E-state index contributed by atoms with van der Waals surface area (Å²) in [5, 5.41) is 0.100. The maximum Gasteiger partial charge on any atom is 0.338 e. The zero-order chi connectivity index (χ0) is 23.1. The van der Waals surface area contributed by atoms with Crippen LogP contribution in [0.3, 0.4) is 0 Å². The van der Waals surface area contributed by atoms with Gasteiger partial charge < -0.3 is 14.2 Å². The van der Waals surface area contributed by atoms with Crippen LogP contribution in [0.15, 0.2) is 43.0 Å². The summed E-state index contributed by atoms with van der Waals surface area (Å²) in [6.45, 7) is 3.46. The van der Waals surface area contributed by atoms with E-state index in [1.165, 1.54) is 38.0 Å². The summed E-state index contributed by atoms with van der Waals surface area (Å²) in [6, 6.07) is 8.33. The van der Waals surface area contributed by atoms with E-state index in [4.69, 9.17) is 25.8 Å². The van der Waals surface area contributed by atoms with Gasteiger partial charge in [-0.15, -0.1) is 0 Å². The first-order valence-corrected chi connectivity index (χ1v) is 10.1. The first-order valence-electron chi connectivity index (χ1n) is 9.74. The van der Waals surface area contributed by atoms with Crippen LogP contribution in [0, 0.1) is 0 Å². The minimum Gasteiger partial charge on any atom is -0.459 e. The zero-order valence-electron chi connectivity index (χ0n) is 17.5. The lowest BCUT2D eigenvalue weighted by Crippen LogP contribution is -2.55. The van der Waals surface area contributed by atoms with E-state index in [9.17, 15) is 9.59 Å². The van der Waals surface area contributed by atoms with Crippen molar-refractivity contribution in [2.45, 2.75) is 44.4 Å². The second-order valence-electron chi connectivity index (χ2n) is 7.71. The van der Waals surface area contributed by atoms with Crippen LogP contribution in [0.2, 0.25) is 5.15 Å². The maximum atomic E-state index is 16.3. The molecule has 9 nitrogen and oxygen atoms in total. The third kappa shape index (κ3) is 3.59. The molecule has 4 rings (SSSR count). The number of hydrogen-bond acceptors (Lipinski definition) is 8. The van der Waals surface area contributed by atoms with Gasteiger partial charge in [-0.1, -0.05) is 29.8 Å². The first-order chi connectivity index (χ1) is 15.1. The Kier molecular flexibility index (Phi) is 5.59. The van der Waals surface area contributed by atoms with Gasteiger partial charge in [-0.2, -0.15) is 0 Å². The van der Waals surface area contributed by atoms with Crippen LogP contribution in [0.25, 0.3) is 11.2 Å². The molecule has 3 aromatic rings. The SMILES string of the molecule is CC(=O)O[C@@]1(C)[C@@H](COC(=O)c2ccccc2)O[C@@H](n2cnc3c(Cl)ncnc32)[C@]1(C)F. The van der Waals surface area contributed by atoms with Crippen molar-refractivity contribution in [2.24, 2.45) is 0 Å². The van der Waals surface area contributed by atoms with E-state index in [-0.39, 0.29) is 22.9 Å². The number of hydrogen-bond donors (Lipinski definition) is 0. The van der Waals surface area contributed by atoms with Gasteiger partial charge in [0.05, 0.1) is 11.9 Å². The van der Waals surface area contributed by atoms with Crippen molar-refractivity contribution in [3.8, 4) is 0 Å². The number of carbonyl (C=O) groups excluding carboxylic acids is 2. The average molecular weight is 463 g/mol. The molecule has 3 heterocycles. The number of imidazole rings is 1. The maximum absolute atomic E-state index is 16.3. The van der Waals surface area contributed by atoms with Crippen LogP contribution in [0.5, 0.6) is 0 Å². The molecule has 0 N–H and O–H groups in total. The van der Waals surface area contributed by atoms with Crippen LogP contribution in [-0.2, 0) is 19.0 Å². The zero-order valence-corrected chi connectivity index (χ0v) is 18.2. The number of carbonyl (C=O) groups is 2. The molecule has 0 saturated carbocycles. The molecule has 1 fully saturated rings. The topological polar surface area (TPSA) is 105 Å². The van der Waals surface area contributed by atoms with Gasteiger partial charge in [0.1, 0.15) is 24.6 Å². The number of halogens is 2. The van der Waals surface area contributed by atoms with Crippen LogP contribution in [0.4, 0.5) is 4.39 Å². The third-order valence-electron chi connectivity index (χ3n) is 5.64. The van der Waals surface area contributed by atoms with Crippen LogP contribution in [0.1, 0.15) is 37.4 Å². The van der Waals surface area contributed by atoms with Crippen molar-refractivity contribution in [1.29, 1.82) is 0 Å². The molecule has 0 bridgehead atoms. The van der Waals surface area contributed by atoms with Crippen molar-refractivity contribution in [3.05, 3.63) is 53.7 Å². The lowest BCUT2D eigenvalue weighted by atomic mass is 9.84. The van der Waals surface area contributed by atoms with E-state index >= 15 is 4.39 Å². The number of nitrogens with zero attached hydrogens (tertiary/aromatic N) is 4. The normalized spacial score (nSPS) is 27.4. The van der Waals surface area contributed by atoms with E-state index in [1.54, 1.807) is 30.3 Å². The van der Waals surface area contributed by atoms with Gasteiger partial charge in [-0.3, -0.25) is 9.36 Å². The molecule has 1 saturated heterocycles. The number of ether oxygens (including phenoxy) is 3. The minimum atomic E-state index is -2.26. The molecule has 0 unspecified atom stereocenters. The number of esters is 2. The highest BCUT2D eigenvalue weighted by Gasteiger charge is 2.66. The Morgan fingerprint density at radius 3 is 2.62 bits per heavy atom. The monoisotopic (exact) mass is 462 g/mol. The Balaban J connectivity index is 1.67. The highest BCUT2D eigenvalue weighted by atomic mass is 35.5. The van der Waals surface area contributed by atoms with Gasteiger partial charge in [0.15, 0.2) is 28.3 Å². The third-order valence-corrected chi connectivity index (χ3v) is 5.92. The van der Waals surface area contributed by atoms with Gasteiger partial charge in [0, 0.05) is 6.92 Å². The van der Waals surface area contributed by atoms with E-state index < -0.39 is 35.5 Å². The molecular formula is C21H20ClFN4O5. The van der Waals surface area contributed by atoms with Gasteiger partial charge in [-0.25, -0.2) is 24.1 Å². The number of alkyl halides is 1. The smallest absolute Gasteiger partial charge is 0.338 e. The first kappa shape index (κ1) is 22.1. The Labute approximate surface area is 187 Å². The fraction of sp³-hybridized carbons (Fsp3) is 0.381. The molecular weight excluding hydrogens is 443 g/mol. The van der Waals surface area contributed by atoms with Gasteiger partial charge >= 0.3 is 11.9 Å². The number of benzene rings is 1. The number of fused-ring (bicyclic) bond motifs is 1. The molecule has 1 aliphatic heterocycles. The lowest BCUT2D eigenvalue weighted by Gasteiger charge is -2.36. The summed E-state index contributed by atoms with van der Waals surface area (Å²) >= 11 is 6.06.